The van der Waals surface area contributed by atoms with Crippen LogP contribution in [0.15, 0.2) is 12.2 Å². The average molecular weight is 234 g/mol. The van der Waals surface area contributed by atoms with Crippen molar-refractivity contribution in [1.82, 2.24) is 0 Å². The predicted octanol–water partition coefficient (Wildman–Crippen LogP) is 0.769. The van der Waals surface area contributed by atoms with E-state index in [1.807, 2.05) is 0 Å². The molecule has 0 N–H and O–H groups in total. The number of rotatable bonds is 1. The molecule has 2 saturated carbocycles. The van der Waals surface area contributed by atoms with Gasteiger partial charge in [0.05, 0.1) is 18.9 Å². The second kappa shape index (κ2) is 2.92. The Morgan fingerprint density at radius 3 is 3.00 bits per heavy atom. The molecular formula is C13H14O4. The van der Waals surface area contributed by atoms with Crippen LogP contribution in [-0.4, -0.2) is 25.2 Å². The fraction of sp³-hybridized carbons (Fsp3) is 0.692. The Hall–Kier alpha value is -1.32. The molecule has 3 fully saturated rings. The van der Waals surface area contributed by atoms with Crippen molar-refractivity contribution in [3.8, 4) is 0 Å². The number of hydrogen-bond donors (Lipinski definition) is 0. The van der Waals surface area contributed by atoms with E-state index < -0.39 is 0 Å². The molecule has 0 aromatic heterocycles. The highest BCUT2D eigenvalue weighted by atomic mass is 16.6. The van der Waals surface area contributed by atoms with Gasteiger partial charge in [0.1, 0.15) is 6.10 Å². The lowest BCUT2D eigenvalue weighted by molar-refractivity contribution is -0.155. The molecule has 4 nitrogen and oxygen atoms in total. The van der Waals surface area contributed by atoms with Crippen molar-refractivity contribution in [1.29, 1.82) is 0 Å². The summed E-state index contributed by atoms with van der Waals surface area (Å²) in [6, 6.07) is 0. The van der Waals surface area contributed by atoms with Crippen LogP contribution in [0.4, 0.5) is 0 Å². The molecule has 0 unspecified atom stereocenters. The van der Waals surface area contributed by atoms with E-state index >= 15 is 0 Å². The minimum Gasteiger partial charge on any atom is -0.469 e. The molecule has 4 aliphatic rings. The predicted molar refractivity (Wildman–Crippen MR) is 56.6 cm³/mol. The van der Waals surface area contributed by atoms with Gasteiger partial charge in [-0.15, -0.1) is 0 Å². The third kappa shape index (κ3) is 0.956. The number of carbonyl (C=O) groups excluding carboxylic acids is 2. The Morgan fingerprint density at radius 1 is 1.41 bits per heavy atom. The van der Waals surface area contributed by atoms with Crippen molar-refractivity contribution in [2.45, 2.75) is 12.5 Å². The van der Waals surface area contributed by atoms with Gasteiger partial charge < -0.3 is 9.47 Å². The average Bonchev–Trinajstić information content (AvgIpc) is 2.97. The van der Waals surface area contributed by atoms with Gasteiger partial charge in [0.25, 0.3) is 0 Å². The van der Waals surface area contributed by atoms with Crippen molar-refractivity contribution in [3.05, 3.63) is 12.2 Å². The van der Waals surface area contributed by atoms with Crippen LogP contribution < -0.4 is 0 Å². The summed E-state index contributed by atoms with van der Waals surface area (Å²) in [6.07, 6.45) is 5.31. The first-order valence-corrected chi connectivity index (χ1v) is 6.19. The van der Waals surface area contributed by atoms with Gasteiger partial charge in [-0.3, -0.25) is 9.59 Å². The number of methoxy groups -OCH3 is 1. The normalized spacial score (nSPS) is 52.8. The summed E-state index contributed by atoms with van der Waals surface area (Å²) in [6.45, 7) is 0. The van der Waals surface area contributed by atoms with E-state index in [0.29, 0.717) is 11.8 Å². The molecular weight excluding hydrogens is 220 g/mol. The van der Waals surface area contributed by atoms with E-state index in [-0.39, 0.29) is 41.7 Å². The first kappa shape index (κ1) is 9.68. The smallest absolute Gasteiger partial charge is 0.310 e. The van der Waals surface area contributed by atoms with Crippen molar-refractivity contribution in [2.24, 2.45) is 35.5 Å². The van der Waals surface area contributed by atoms with E-state index in [0.717, 1.165) is 6.42 Å². The molecule has 4 heteroatoms. The zero-order valence-corrected chi connectivity index (χ0v) is 9.54. The van der Waals surface area contributed by atoms with Crippen LogP contribution >= 0.6 is 0 Å². The van der Waals surface area contributed by atoms with Crippen LogP contribution in [0.3, 0.4) is 0 Å². The number of esters is 2. The minimum absolute atomic E-state index is 0.0459. The van der Waals surface area contributed by atoms with Crippen LogP contribution in [0.5, 0.6) is 0 Å². The summed E-state index contributed by atoms with van der Waals surface area (Å²) in [7, 11) is 1.39. The molecule has 0 aromatic rings. The van der Waals surface area contributed by atoms with Gasteiger partial charge >= 0.3 is 11.9 Å². The quantitative estimate of drug-likeness (QED) is 0.496. The van der Waals surface area contributed by atoms with Crippen LogP contribution in [0.1, 0.15) is 6.42 Å². The van der Waals surface area contributed by atoms with Crippen LogP contribution in [-0.2, 0) is 19.1 Å². The largest absolute Gasteiger partial charge is 0.469 e. The molecule has 1 heterocycles. The Bertz CT molecular complexity index is 441. The molecule has 0 radical (unpaired) electrons. The molecule has 0 bridgehead atoms. The topological polar surface area (TPSA) is 52.6 Å². The summed E-state index contributed by atoms with van der Waals surface area (Å²) in [5.41, 5.74) is 0. The van der Waals surface area contributed by atoms with Crippen LogP contribution in [0.2, 0.25) is 0 Å². The van der Waals surface area contributed by atoms with Crippen LogP contribution in [0, 0.1) is 35.5 Å². The molecule has 17 heavy (non-hydrogen) atoms. The summed E-state index contributed by atoms with van der Waals surface area (Å²) >= 11 is 0. The highest BCUT2D eigenvalue weighted by Crippen LogP contribution is 2.63. The monoisotopic (exact) mass is 234 g/mol. The van der Waals surface area contributed by atoms with Crippen molar-refractivity contribution >= 4 is 11.9 Å². The third-order valence-electron chi connectivity index (χ3n) is 5.13. The lowest BCUT2D eigenvalue weighted by Gasteiger charge is -2.18. The summed E-state index contributed by atoms with van der Waals surface area (Å²) in [4.78, 5) is 23.8. The maximum Gasteiger partial charge on any atom is 0.310 e. The van der Waals surface area contributed by atoms with Gasteiger partial charge in [-0.05, 0) is 24.2 Å². The zero-order valence-electron chi connectivity index (χ0n) is 9.54. The van der Waals surface area contributed by atoms with Crippen molar-refractivity contribution in [3.63, 3.8) is 0 Å². The highest BCUT2D eigenvalue weighted by molar-refractivity contribution is 5.85. The Balaban J connectivity index is 1.81. The van der Waals surface area contributed by atoms with E-state index in [9.17, 15) is 9.59 Å². The Kier molecular flexibility index (Phi) is 1.66. The Labute approximate surface area is 99.0 Å². The number of ether oxygens (including phenoxy) is 2. The molecule has 4 rings (SSSR count). The molecule has 3 aliphatic carbocycles. The molecule has 0 spiro atoms. The Morgan fingerprint density at radius 2 is 2.24 bits per heavy atom. The molecule has 0 aromatic carbocycles. The second-order valence-corrected chi connectivity index (χ2v) is 5.57. The van der Waals surface area contributed by atoms with Crippen molar-refractivity contribution in [2.75, 3.05) is 7.11 Å². The van der Waals surface area contributed by atoms with Gasteiger partial charge in [-0.1, -0.05) is 12.2 Å². The van der Waals surface area contributed by atoms with Crippen LogP contribution in [0.25, 0.3) is 0 Å². The maximum absolute atomic E-state index is 11.9. The van der Waals surface area contributed by atoms with Crippen molar-refractivity contribution < 1.29 is 19.1 Å². The lowest BCUT2D eigenvalue weighted by atomic mass is 9.87. The molecule has 7 atom stereocenters. The summed E-state index contributed by atoms with van der Waals surface area (Å²) in [5, 5.41) is 0. The first-order valence-electron chi connectivity index (χ1n) is 6.19. The fourth-order valence-electron chi connectivity index (χ4n) is 4.67. The van der Waals surface area contributed by atoms with E-state index in [4.69, 9.17) is 9.47 Å². The molecule has 1 aliphatic heterocycles. The standard InChI is InChI=1S/C13H14O4/c1-16-12(14)9-6-3-2-5-4-7-10(8(5)6)11(9)13(15)17-7/h2-3,5-11H,4H2,1H3/t5-,6-,7+,8+,9+,10+,11+/m1/s1. The number of hydrogen-bond acceptors (Lipinski definition) is 4. The van der Waals surface area contributed by atoms with E-state index in [1.54, 1.807) is 0 Å². The SMILES string of the molecule is COC(=O)[C@H]1[C@@H]2C=C[C@@H]3C[C@@H]4OC(=O)[C@@H]1[C@@H]4[C@H]23. The van der Waals surface area contributed by atoms with Gasteiger partial charge in [0.2, 0.25) is 0 Å². The fourth-order valence-corrected chi connectivity index (χ4v) is 4.67. The number of carbonyl (C=O) groups is 2. The lowest BCUT2D eigenvalue weighted by Crippen LogP contribution is -2.29. The maximum atomic E-state index is 11.9. The molecule has 0 amide bonds. The van der Waals surface area contributed by atoms with Gasteiger partial charge in [-0.2, -0.15) is 0 Å². The zero-order chi connectivity index (χ0) is 11.7. The van der Waals surface area contributed by atoms with Gasteiger partial charge in [-0.25, -0.2) is 0 Å². The molecule has 90 valence electrons. The second-order valence-electron chi connectivity index (χ2n) is 5.57. The van der Waals surface area contributed by atoms with Gasteiger partial charge in [0.15, 0.2) is 0 Å². The first-order chi connectivity index (χ1) is 8.22. The molecule has 1 saturated heterocycles. The van der Waals surface area contributed by atoms with Gasteiger partial charge in [0, 0.05) is 5.92 Å². The minimum atomic E-state index is -0.311. The summed E-state index contributed by atoms with van der Waals surface area (Å²) in [5.74, 6) is 0.373. The summed E-state index contributed by atoms with van der Waals surface area (Å²) < 4.78 is 10.3. The highest BCUT2D eigenvalue weighted by Gasteiger charge is 2.68. The van der Waals surface area contributed by atoms with E-state index in [1.165, 1.54) is 7.11 Å². The van der Waals surface area contributed by atoms with E-state index in [2.05, 4.69) is 12.2 Å². The number of allylic oxidation sites excluding steroid dienone is 2. The third-order valence-corrected chi connectivity index (χ3v) is 5.13.